The molecule has 0 spiro atoms. The first kappa shape index (κ1) is 12.6. The molecule has 4 heteroatoms. The van der Waals surface area contributed by atoms with Gasteiger partial charge in [0, 0.05) is 18.5 Å². The zero-order valence-corrected chi connectivity index (χ0v) is 10.8. The minimum absolute atomic E-state index is 0.284. The summed E-state index contributed by atoms with van der Waals surface area (Å²) < 4.78 is 15.7. The number of halogens is 1. The third-order valence-electron chi connectivity index (χ3n) is 3.00. The maximum Gasteiger partial charge on any atom is 0.132 e. The highest BCUT2D eigenvalue weighted by Gasteiger charge is 2.16. The fourth-order valence-electron chi connectivity index (χ4n) is 2.13. The fraction of sp³-hybridized carbons (Fsp3) is 0.357. The van der Waals surface area contributed by atoms with Crippen molar-refractivity contribution >= 4 is 5.82 Å². The predicted molar refractivity (Wildman–Crippen MR) is 71.7 cm³/mol. The van der Waals surface area contributed by atoms with Crippen LogP contribution in [0.25, 0.3) is 11.3 Å². The Bertz CT molecular complexity index is 546. The molecule has 0 fully saturated rings. The zero-order chi connectivity index (χ0) is 13.1. The van der Waals surface area contributed by atoms with Crippen LogP contribution in [0.15, 0.2) is 24.3 Å². The second-order valence-electron chi connectivity index (χ2n) is 4.24. The average molecular weight is 247 g/mol. The lowest BCUT2D eigenvalue weighted by molar-refractivity contribution is 0.631. The normalized spacial score (nSPS) is 10.8. The number of nitrogens with two attached hydrogens (primary N) is 1. The first-order chi connectivity index (χ1) is 8.69. The van der Waals surface area contributed by atoms with E-state index in [0.29, 0.717) is 17.1 Å². The van der Waals surface area contributed by atoms with Crippen LogP contribution in [0.3, 0.4) is 0 Å². The summed E-state index contributed by atoms with van der Waals surface area (Å²) in [6, 6.07) is 6.60. The van der Waals surface area contributed by atoms with E-state index in [1.165, 1.54) is 6.07 Å². The molecular weight excluding hydrogens is 229 g/mol. The van der Waals surface area contributed by atoms with Crippen molar-refractivity contribution in [2.24, 2.45) is 0 Å². The minimum atomic E-state index is -0.284. The number of imidazole rings is 1. The molecule has 0 saturated carbocycles. The van der Waals surface area contributed by atoms with E-state index in [9.17, 15) is 4.39 Å². The molecule has 0 unspecified atom stereocenters. The summed E-state index contributed by atoms with van der Waals surface area (Å²) >= 11 is 0. The Hall–Kier alpha value is -1.84. The molecule has 1 aromatic heterocycles. The van der Waals surface area contributed by atoms with Crippen molar-refractivity contribution in [1.82, 2.24) is 9.55 Å². The number of nitrogens with zero attached hydrogens (tertiary/aromatic N) is 2. The van der Waals surface area contributed by atoms with Gasteiger partial charge in [-0.1, -0.05) is 19.1 Å². The molecule has 1 aromatic carbocycles. The van der Waals surface area contributed by atoms with Gasteiger partial charge in [0.05, 0.1) is 0 Å². The van der Waals surface area contributed by atoms with Gasteiger partial charge >= 0.3 is 0 Å². The average Bonchev–Trinajstić information content (AvgIpc) is 2.67. The summed E-state index contributed by atoms with van der Waals surface area (Å²) in [4.78, 5) is 4.50. The van der Waals surface area contributed by atoms with Crippen molar-refractivity contribution in [2.75, 3.05) is 5.73 Å². The van der Waals surface area contributed by atoms with Crippen LogP contribution in [-0.4, -0.2) is 9.55 Å². The summed E-state index contributed by atoms with van der Waals surface area (Å²) in [6.45, 7) is 4.86. The van der Waals surface area contributed by atoms with E-state index < -0.39 is 0 Å². The Morgan fingerprint density at radius 3 is 2.61 bits per heavy atom. The molecule has 0 saturated heterocycles. The minimum Gasteiger partial charge on any atom is -0.383 e. The van der Waals surface area contributed by atoms with E-state index in [1.54, 1.807) is 18.2 Å². The van der Waals surface area contributed by atoms with Crippen LogP contribution >= 0.6 is 0 Å². The number of aromatic nitrogens is 2. The molecule has 0 aliphatic rings. The van der Waals surface area contributed by atoms with Gasteiger partial charge in [-0.2, -0.15) is 0 Å². The lowest BCUT2D eigenvalue weighted by atomic mass is 10.1. The Labute approximate surface area is 106 Å². The highest BCUT2D eigenvalue weighted by atomic mass is 19.1. The molecule has 2 rings (SSSR count). The molecule has 0 aliphatic heterocycles. The number of anilines is 1. The van der Waals surface area contributed by atoms with Gasteiger partial charge in [0.1, 0.15) is 23.2 Å². The predicted octanol–water partition coefficient (Wildman–Crippen LogP) is 3.24. The van der Waals surface area contributed by atoms with Crippen LogP contribution in [0.2, 0.25) is 0 Å². The molecule has 2 aromatic rings. The smallest absolute Gasteiger partial charge is 0.132 e. The lowest BCUT2D eigenvalue weighted by Crippen LogP contribution is -2.05. The molecular formula is C14H18FN3. The molecule has 18 heavy (non-hydrogen) atoms. The van der Waals surface area contributed by atoms with Crippen molar-refractivity contribution in [3.8, 4) is 11.3 Å². The van der Waals surface area contributed by atoms with Gasteiger partial charge in [-0.15, -0.1) is 0 Å². The second kappa shape index (κ2) is 5.21. The quantitative estimate of drug-likeness (QED) is 0.901. The molecule has 96 valence electrons. The number of nitrogen functional groups attached to an aromatic ring is 1. The highest BCUT2D eigenvalue weighted by Crippen LogP contribution is 2.28. The van der Waals surface area contributed by atoms with Crippen LogP contribution in [0.5, 0.6) is 0 Å². The number of hydrogen-bond donors (Lipinski definition) is 1. The first-order valence-electron chi connectivity index (χ1n) is 6.28. The molecule has 2 N–H and O–H groups in total. The number of hydrogen-bond acceptors (Lipinski definition) is 2. The number of rotatable bonds is 4. The van der Waals surface area contributed by atoms with Gasteiger partial charge in [-0.3, -0.25) is 0 Å². The highest BCUT2D eigenvalue weighted by molar-refractivity contribution is 5.71. The van der Waals surface area contributed by atoms with E-state index in [0.717, 1.165) is 25.2 Å². The Morgan fingerprint density at radius 2 is 2.00 bits per heavy atom. The molecule has 0 bridgehead atoms. The van der Waals surface area contributed by atoms with Gasteiger partial charge in [-0.25, -0.2) is 9.37 Å². The third-order valence-corrected chi connectivity index (χ3v) is 3.00. The number of aryl methyl sites for hydroxylation is 1. The van der Waals surface area contributed by atoms with Crippen LogP contribution < -0.4 is 5.73 Å². The first-order valence-corrected chi connectivity index (χ1v) is 6.28. The maximum atomic E-state index is 13.8. The van der Waals surface area contributed by atoms with Crippen molar-refractivity contribution in [3.05, 3.63) is 35.9 Å². The van der Waals surface area contributed by atoms with Crippen molar-refractivity contribution in [3.63, 3.8) is 0 Å². The largest absolute Gasteiger partial charge is 0.383 e. The Balaban J connectivity index is 2.55. The van der Waals surface area contributed by atoms with E-state index in [-0.39, 0.29) is 5.82 Å². The van der Waals surface area contributed by atoms with Crippen LogP contribution in [-0.2, 0) is 13.0 Å². The van der Waals surface area contributed by atoms with Gasteiger partial charge in [0.25, 0.3) is 0 Å². The maximum absolute atomic E-state index is 13.8. The second-order valence-corrected chi connectivity index (χ2v) is 4.24. The number of benzene rings is 1. The van der Waals surface area contributed by atoms with E-state index in [4.69, 9.17) is 5.73 Å². The molecule has 0 radical (unpaired) electrons. The van der Waals surface area contributed by atoms with Crippen molar-refractivity contribution in [2.45, 2.75) is 33.2 Å². The molecule has 3 nitrogen and oxygen atoms in total. The van der Waals surface area contributed by atoms with Crippen LogP contribution in [0, 0.1) is 5.82 Å². The van der Waals surface area contributed by atoms with Crippen molar-refractivity contribution < 1.29 is 4.39 Å². The Kier molecular flexibility index (Phi) is 3.65. The van der Waals surface area contributed by atoms with Gasteiger partial charge in [0.2, 0.25) is 0 Å². The third kappa shape index (κ3) is 2.10. The standard InChI is InChI=1S/C14H18FN3/c1-3-7-12-17-13(14(16)18(12)4-2)10-8-5-6-9-11(10)15/h5-6,8-9H,3-4,7,16H2,1-2H3. The van der Waals surface area contributed by atoms with Gasteiger partial charge < -0.3 is 10.3 Å². The zero-order valence-electron chi connectivity index (χ0n) is 10.8. The monoisotopic (exact) mass is 247 g/mol. The fourth-order valence-corrected chi connectivity index (χ4v) is 2.13. The molecule has 0 aliphatic carbocycles. The molecule has 1 heterocycles. The summed E-state index contributed by atoms with van der Waals surface area (Å²) in [6.07, 6.45) is 1.85. The Morgan fingerprint density at radius 1 is 1.28 bits per heavy atom. The van der Waals surface area contributed by atoms with Crippen LogP contribution in [0.1, 0.15) is 26.1 Å². The van der Waals surface area contributed by atoms with E-state index >= 15 is 0 Å². The van der Waals surface area contributed by atoms with Crippen LogP contribution in [0.4, 0.5) is 10.2 Å². The molecule has 0 atom stereocenters. The van der Waals surface area contributed by atoms with E-state index in [2.05, 4.69) is 11.9 Å². The van der Waals surface area contributed by atoms with E-state index in [1.807, 2.05) is 11.5 Å². The SMILES string of the molecule is CCCc1nc(-c2ccccc2F)c(N)n1CC. The summed E-state index contributed by atoms with van der Waals surface area (Å²) in [5.41, 5.74) is 7.11. The summed E-state index contributed by atoms with van der Waals surface area (Å²) in [5, 5.41) is 0. The summed E-state index contributed by atoms with van der Waals surface area (Å²) in [7, 11) is 0. The van der Waals surface area contributed by atoms with Crippen molar-refractivity contribution in [1.29, 1.82) is 0 Å². The molecule has 0 amide bonds. The van der Waals surface area contributed by atoms with Gasteiger partial charge in [0.15, 0.2) is 0 Å². The summed E-state index contributed by atoms with van der Waals surface area (Å²) in [5.74, 6) is 1.19. The topological polar surface area (TPSA) is 43.8 Å². The lowest BCUT2D eigenvalue weighted by Gasteiger charge is -2.05. The van der Waals surface area contributed by atoms with Gasteiger partial charge in [-0.05, 0) is 25.5 Å².